The quantitative estimate of drug-likeness (QED) is 0.836. The maximum Gasteiger partial charge on any atom is 0.167 e. The molecule has 4 nitrogen and oxygen atoms in total. The molecule has 0 saturated carbocycles. The van der Waals surface area contributed by atoms with Crippen LogP contribution in [0, 0.1) is 12.7 Å². The Bertz CT molecular complexity index is 431. The van der Waals surface area contributed by atoms with Gasteiger partial charge in [-0.25, -0.2) is 4.39 Å². The van der Waals surface area contributed by atoms with E-state index in [1.54, 1.807) is 6.07 Å². The monoisotopic (exact) mass is 267 g/mol. The predicted molar refractivity (Wildman–Crippen MR) is 75.0 cm³/mol. The molecule has 0 aromatic heterocycles. The van der Waals surface area contributed by atoms with Crippen LogP contribution in [0.2, 0.25) is 0 Å². The third-order valence-electron chi connectivity index (χ3n) is 3.58. The largest absolute Gasteiger partial charge is 0.489 e. The van der Waals surface area contributed by atoms with Crippen LogP contribution in [0.25, 0.3) is 0 Å². The van der Waals surface area contributed by atoms with Gasteiger partial charge in [0, 0.05) is 44.5 Å². The minimum absolute atomic E-state index is 0.292. The maximum atomic E-state index is 13.6. The van der Waals surface area contributed by atoms with Crippen LogP contribution in [0.3, 0.4) is 0 Å². The smallest absolute Gasteiger partial charge is 0.167 e. The molecule has 2 rings (SSSR count). The molecule has 0 spiro atoms. The first-order chi connectivity index (χ1) is 9.06. The lowest BCUT2D eigenvalue weighted by molar-refractivity contribution is 0.132. The third-order valence-corrected chi connectivity index (χ3v) is 3.58. The van der Waals surface area contributed by atoms with Crippen molar-refractivity contribution < 1.29 is 9.13 Å². The Labute approximate surface area is 113 Å². The second kappa shape index (κ2) is 6.21. The van der Waals surface area contributed by atoms with Gasteiger partial charge in [-0.15, -0.1) is 0 Å². The first kappa shape index (κ1) is 14.1. The number of anilines is 1. The van der Waals surface area contributed by atoms with Crippen LogP contribution in [0.15, 0.2) is 12.1 Å². The Kier molecular flexibility index (Phi) is 4.61. The van der Waals surface area contributed by atoms with E-state index in [-0.39, 0.29) is 5.82 Å². The van der Waals surface area contributed by atoms with Gasteiger partial charge < -0.3 is 15.4 Å². The number of ether oxygens (including phenoxy) is 1. The summed E-state index contributed by atoms with van der Waals surface area (Å²) in [7, 11) is 2.13. The molecule has 1 aromatic carbocycles. The first-order valence-corrected chi connectivity index (χ1v) is 6.65. The SMILES string of the molecule is Cc1cc(OCCN2CCN(C)CC2)c(F)cc1N. The molecule has 0 aliphatic carbocycles. The van der Waals surface area contributed by atoms with Crippen molar-refractivity contribution in [3.63, 3.8) is 0 Å². The molecule has 0 radical (unpaired) electrons. The van der Waals surface area contributed by atoms with Crippen LogP contribution in [-0.2, 0) is 0 Å². The Morgan fingerprint density at radius 3 is 2.63 bits per heavy atom. The van der Waals surface area contributed by atoms with Gasteiger partial charge >= 0.3 is 0 Å². The summed E-state index contributed by atoms with van der Waals surface area (Å²) in [6.07, 6.45) is 0. The molecule has 19 heavy (non-hydrogen) atoms. The molecule has 0 bridgehead atoms. The predicted octanol–water partition coefficient (Wildman–Crippen LogP) is 1.34. The van der Waals surface area contributed by atoms with Gasteiger partial charge in [0.15, 0.2) is 11.6 Å². The van der Waals surface area contributed by atoms with E-state index in [9.17, 15) is 4.39 Å². The molecule has 0 amide bonds. The highest BCUT2D eigenvalue weighted by atomic mass is 19.1. The topological polar surface area (TPSA) is 41.7 Å². The van der Waals surface area contributed by atoms with E-state index in [2.05, 4.69) is 16.8 Å². The van der Waals surface area contributed by atoms with Crippen LogP contribution in [0.4, 0.5) is 10.1 Å². The second-order valence-electron chi connectivity index (χ2n) is 5.13. The fraction of sp³-hybridized carbons (Fsp3) is 0.571. The number of nitrogens with zero attached hydrogens (tertiary/aromatic N) is 2. The summed E-state index contributed by atoms with van der Waals surface area (Å²) in [5.74, 6) is -0.0951. The Morgan fingerprint density at radius 2 is 1.95 bits per heavy atom. The van der Waals surface area contributed by atoms with Gasteiger partial charge in [-0.3, -0.25) is 4.90 Å². The normalized spacial score (nSPS) is 17.6. The molecule has 106 valence electrons. The highest BCUT2D eigenvalue weighted by molar-refractivity contribution is 5.50. The van der Waals surface area contributed by atoms with Crippen molar-refractivity contribution in [3.05, 3.63) is 23.5 Å². The molecule has 1 saturated heterocycles. The summed E-state index contributed by atoms with van der Waals surface area (Å²) >= 11 is 0. The molecule has 1 heterocycles. The fourth-order valence-electron chi connectivity index (χ4n) is 2.14. The van der Waals surface area contributed by atoms with Crippen LogP contribution >= 0.6 is 0 Å². The summed E-state index contributed by atoms with van der Waals surface area (Å²) in [5.41, 5.74) is 6.95. The van der Waals surface area contributed by atoms with Gasteiger partial charge in [0.05, 0.1) is 0 Å². The van der Waals surface area contributed by atoms with E-state index in [0.717, 1.165) is 38.3 Å². The highest BCUT2D eigenvalue weighted by Gasteiger charge is 2.14. The van der Waals surface area contributed by atoms with Gasteiger partial charge in [-0.1, -0.05) is 0 Å². The van der Waals surface area contributed by atoms with Crippen molar-refractivity contribution in [1.29, 1.82) is 0 Å². The Hall–Kier alpha value is -1.33. The molecule has 0 atom stereocenters. The van der Waals surface area contributed by atoms with Gasteiger partial charge in [-0.2, -0.15) is 0 Å². The standard InChI is InChI=1S/C14H22FN3O/c1-11-9-14(12(15)10-13(11)16)19-8-7-18-5-3-17(2)4-6-18/h9-10H,3-8,16H2,1-2H3. The molecule has 1 aliphatic rings. The van der Waals surface area contributed by atoms with E-state index in [1.807, 2.05) is 6.92 Å². The molecule has 5 heteroatoms. The second-order valence-corrected chi connectivity index (χ2v) is 5.13. The number of benzene rings is 1. The zero-order valence-electron chi connectivity index (χ0n) is 11.7. The Morgan fingerprint density at radius 1 is 1.26 bits per heavy atom. The summed E-state index contributed by atoms with van der Waals surface area (Å²) in [6.45, 7) is 7.43. The number of nitrogen functional groups attached to an aromatic ring is 1. The molecule has 2 N–H and O–H groups in total. The van der Waals surface area contributed by atoms with E-state index in [0.29, 0.717) is 18.0 Å². The van der Waals surface area contributed by atoms with Crippen LogP contribution in [-0.4, -0.2) is 56.2 Å². The number of hydrogen-bond acceptors (Lipinski definition) is 4. The molecular weight excluding hydrogens is 245 g/mol. The average molecular weight is 267 g/mol. The lowest BCUT2D eigenvalue weighted by Crippen LogP contribution is -2.45. The minimum atomic E-state index is -0.388. The molecular formula is C14H22FN3O. The zero-order valence-corrected chi connectivity index (χ0v) is 11.7. The van der Waals surface area contributed by atoms with Crippen LogP contribution in [0.1, 0.15) is 5.56 Å². The first-order valence-electron chi connectivity index (χ1n) is 6.65. The number of rotatable bonds is 4. The summed E-state index contributed by atoms with van der Waals surface area (Å²) in [4.78, 5) is 4.64. The van der Waals surface area contributed by atoms with Gasteiger partial charge in [0.25, 0.3) is 0 Å². The molecule has 1 aromatic rings. The molecule has 1 fully saturated rings. The van der Waals surface area contributed by atoms with Crippen LogP contribution < -0.4 is 10.5 Å². The highest BCUT2D eigenvalue weighted by Crippen LogP contribution is 2.23. The van der Waals surface area contributed by atoms with E-state index < -0.39 is 0 Å². The number of likely N-dealkylation sites (N-methyl/N-ethyl adjacent to an activating group) is 1. The Balaban J connectivity index is 1.81. The van der Waals surface area contributed by atoms with Crippen molar-refractivity contribution in [2.45, 2.75) is 6.92 Å². The fourth-order valence-corrected chi connectivity index (χ4v) is 2.14. The van der Waals surface area contributed by atoms with Gasteiger partial charge in [-0.05, 0) is 25.6 Å². The lowest BCUT2D eigenvalue weighted by atomic mass is 10.2. The number of aryl methyl sites for hydroxylation is 1. The molecule has 0 unspecified atom stereocenters. The minimum Gasteiger partial charge on any atom is -0.489 e. The zero-order chi connectivity index (χ0) is 13.8. The van der Waals surface area contributed by atoms with Gasteiger partial charge in [0.1, 0.15) is 6.61 Å². The van der Waals surface area contributed by atoms with Crippen molar-refractivity contribution >= 4 is 5.69 Å². The van der Waals surface area contributed by atoms with Crippen LogP contribution in [0.5, 0.6) is 5.75 Å². The third kappa shape index (κ3) is 3.81. The summed E-state index contributed by atoms with van der Waals surface area (Å²) < 4.78 is 19.1. The number of nitrogens with two attached hydrogens (primary N) is 1. The van der Waals surface area contributed by atoms with Crippen molar-refractivity contribution in [2.24, 2.45) is 0 Å². The van der Waals surface area contributed by atoms with E-state index in [1.165, 1.54) is 6.07 Å². The number of piperazine rings is 1. The number of hydrogen-bond donors (Lipinski definition) is 1. The average Bonchev–Trinajstić information content (AvgIpc) is 2.38. The van der Waals surface area contributed by atoms with Crippen molar-refractivity contribution in [2.75, 3.05) is 52.1 Å². The lowest BCUT2D eigenvalue weighted by Gasteiger charge is -2.32. The summed E-state index contributed by atoms with van der Waals surface area (Å²) in [5, 5.41) is 0. The van der Waals surface area contributed by atoms with E-state index in [4.69, 9.17) is 10.5 Å². The van der Waals surface area contributed by atoms with E-state index >= 15 is 0 Å². The number of halogens is 1. The van der Waals surface area contributed by atoms with Gasteiger partial charge in [0.2, 0.25) is 0 Å². The maximum absolute atomic E-state index is 13.6. The molecule has 1 aliphatic heterocycles. The van der Waals surface area contributed by atoms with Crippen molar-refractivity contribution in [3.8, 4) is 5.75 Å². The van der Waals surface area contributed by atoms with Crippen molar-refractivity contribution in [1.82, 2.24) is 9.80 Å². The summed E-state index contributed by atoms with van der Waals surface area (Å²) in [6, 6.07) is 2.98.